The van der Waals surface area contributed by atoms with E-state index in [1.807, 2.05) is 0 Å². The topological polar surface area (TPSA) is 176 Å². The van der Waals surface area contributed by atoms with E-state index in [4.69, 9.17) is 28.4 Å². The van der Waals surface area contributed by atoms with Crippen LogP contribution in [0.15, 0.2) is 127 Å². The van der Waals surface area contributed by atoms with Crippen molar-refractivity contribution < 1.29 is 91.8 Å². The summed E-state index contributed by atoms with van der Waals surface area (Å²) in [5.74, 6) is -3.68. The van der Waals surface area contributed by atoms with Gasteiger partial charge < -0.3 is 28.4 Å². The summed E-state index contributed by atoms with van der Waals surface area (Å²) in [5.41, 5.74) is -2.39. The maximum Gasteiger partial charge on any atom is 0.426 e. The molecule has 0 atom stereocenters. The van der Waals surface area contributed by atoms with Crippen LogP contribution in [0.1, 0.15) is 59.4 Å². The summed E-state index contributed by atoms with van der Waals surface area (Å²) in [6.45, 7) is -1.87. The normalized spacial score (nSPS) is 12.6. The Balaban J connectivity index is 1.16. The quantitative estimate of drug-likeness (QED) is 0.0135. The van der Waals surface area contributed by atoms with E-state index in [0.29, 0.717) is 6.07 Å². The Bertz CT molecular complexity index is 2570. The number of nitro benzene ring substituents is 2. The van der Waals surface area contributed by atoms with Crippen molar-refractivity contribution in [2.24, 2.45) is 0 Å². The van der Waals surface area contributed by atoms with E-state index in [0.717, 1.165) is 72.8 Å². The van der Waals surface area contributed by atoms with E-state index in [2.05, 4.69) is 0 Å². The van der Waals surface area contributed by atoms with Gasteiger partial charge in [0.05, 0.1) is 46.2 Å². The molecule has 0 N–H and O–H groups in total. The number of hydrogen-bond acceptors (Lipinski definition) is 12. The van der Waals surface area contributed by atoms with Gasteiger partial charge in [-0.15, -0.1) is 0 Å². The molecule has 24 heteroatoms. The molecular weight excluding hydrogens is 999 g/mol. The van der Waals surface area contributed by atoms with Crippen LogP contribution in [-0.4, -0.2) is 60.6 Å². The van der Waals surface area contributed by atoms with E-state index in [1.165, 1.54) is 60.7 Å². The fraction of sp³-hybridized carbons (Fsp3) is 0.265. The van der Waals surface area contributed by atoms with Crippen LogP contribution in [0.4, 0.5) is 55.3 Å². The zero-order valence-corrected chi connectivity index (χ0v) is 37.6. The smallest absolute Gasteiger partial charge is 0.426 e. The van der Waals surface area contributed by atoms with Gasteiger partial charge in [-0.3, -0.25) is 20.2 Å². The van der Waals surface area contributed by atoms with Gasteiger partial charge in [-0.1, -0.05) is 24.3 Å². The number of rotatable bonds is 25. The van der Waals surface area contributed by atoms with Crippen molar-refractivity contribution in [2.45, 2.75) is 56.2 Å². The Hall–Kier alpha value is -8.18. The number of halogens is 10. The molecule has 0 heterocycles. The molecule has 0 aliphatic carbocycles. The zero-order valence-electron chi connectivity index (χ0n) is 37.6. The first-order valence-corrected chi connectivity index (χ1v) is 21.4. The van der Waals surface area contributed by atoms with E-state index in [1.54, 1.807) is 0 Å². The minimum absolute atomic E-state index is 0.137. The summed E-state index contributed by atoms with van der Waals surface area (Å²) in [6.07, 6.45) is -15.0. The van der Waals surface area contributed by atoms with Gasteiger partial charge in [-0.2, -0.15) is 43.9 Å². The third-order valence-electron chi connectivity index (χ3n) is 9.92. The number of non-ortho nitro benzene ring substituents is 1. The first-order valence-electron chi connectivity index (χ1n) is 21.4. The molecule has 0 unspecified atom stereocenters. The predicted octanol–water partition coefficient (Wildman–Crippen LogP) is 12.8. The van der Waals surface area contributed by atoms with Gasteiger partial charge in [0.25, 0.3) is 11.4 Å². The molecule has 5 rings (SSSR count). The SMILES string of the molecule is O=C(C=Cc1ccc(C(F)(F)Oc2ccc(OCCCC(F)(F)F)cc2)cc1)OCC(COC(=O)C=Cc1ccc(C(F)(F)Oc2ccc(OCCCC(F)(F)F)cc2)cc1)c1ccc([N+](=O)[O-])cc1[N+](=O)[O-]. The maximum atomic E-state index is 15.0. The molecule has 0 spiro atoms. The van der Waals surface area contributed by atoms with Gasteiger partial charge in [0.1, 0.15) is 36.2 Å². The van der Waals surface area contributed by atoms with Crippen molar-refractivity contribution in [1.82, 2.24) is 0 Å². The van der Waals surface area contributed by atoms with Crippen LogP contribution in [0.5, 0.6) is 23.0 Å². The molecule has 0 amide bonds. The Morgan fingerprint density at radius 3 is 1.26 bits per heavy atom. The molecule has 0 saturated carbocycles. The van der Waals surface area contributed by atoms with Crippen molar-refractivity contribution in [2.75, 3.05) is 26.4 Å². The molecular formula is C49H40F10N2O12. The highest BCUT2D eigenvalue weighted by Crippen LogP contribution is 2.35. The molecule has 0 bridgehead atoms. The lowest BCUT2D eigenvalue weighted by Crippen LogP contribution is -2.21. The van der Waals surface area contributed by atoms with Gasteiger partial charge in [0, 0.05) is 36.6 Å². The van der Waals surface area contributed by atoms with E-state index in [9.17, 15) is 73.7 Å². The molecule has 388 valence electrons. The standard InChI is InChI=1S/C49H40F10N2O12/c50-46(51,52)25-1-27-68-38-14-18-40(19-15-38)72-48(56,57)35-9-3-32(4-10-35)7-23-44(62)70-30-34(42-22-13-37(60(64)65)29-43(42)61(66)67)31-71-45(63)24-8-33-5-11-36(12-6-33)49(58,59)73-41-20-16-39(17-21-41)69-28-2-26-47(53,54)55/h3-24,29,34H,1-2,25-28,30-31H2. The van der Waals surface area contributed by atoms with Crippen LogP contribution in [0.25, 0.3) is 12.2 Å². The van der Waals surface area contributed by atoms with Crippen molar-refractivity contribution in [3.05, 3.63) is 175 Å². The van der Waals surface area contributed by atoms with E-state index >= 15 is 0 Å². The summed E-state index contributed by atoms with van der Waals surface area (Å²) in [5, 5.41) is 23.3. The number of carbonyl (C=O) groups excluding carboxylic acids is 2. The largest absolute Gasteiger partial charge is 0.494 e. The Morgan fingerprint density at radius 1 is 0.521 bits per heavy atom. The molecule has 0 saturated heterocycles. The monoisotopic (exact) mass is 1040 g/mol. The summed E-state index contributed by atoms with van der Waals surface area (Å²) >= 11 is 0. The van der Waals surface area contributed by atoms with Crippen molar-refractivity contribution >= 4 is 35.5 Å². The minimum Gasteiger partial charge on any atom is -0.494 e. The van der Waals surface area contributed by atoms with Crippen LogP contribution in [0, 0.1) is 20.2 Å². The lowest BCUT2D eigenvalue weighted by atomic mass is 9.98. The average molecular weight is 1040 g/mol. The second-order valence-electron chi connectivity index (χ2n) is 15.4. The first-order chi connectivity index (χ1) is 34.4. The summed E-state index contributed by atoms with van der Waals surface area (Å²) in [7, 11) is 0. The van der Waals surface area contributed by atoms with Crippen LogP contribution in [0.2, 0.25) is 0 Å². The van der Waals surface area contributed by atoms with E-state index in [-0.39, 0.29) is 65.7 Å². The number of hydrogen-bond donors (Lipinski definition) is 0. The third kappa shape index (κ3) is 18.5. The molecule has 0 aliphatic heterocycles. The fourth-order valence-corrected chi connectivity index (χ4v) is 6.29. The van der Waals surface area contributed by atoms with Crippen LogP contribution in [-0.2, 0) is 31.3 Å². The number of nitrogens with zero attached hydrogens (tertiary/aromatic N) is 2. The zero-order chi connectivity index (χ0) is 53.4. The third-order valence-corrected chi connectivity index (χ3v) is 9.92. The summed E-state index contributed by atoms with van der Waals surface area (Å²) < 4.78 is 164. The Kier molecular flexibility index (Phi) is 18.9. The molecule has 5 aromatic rings. The molecule has 0 aliphatic rings. The number of esters is 2. The number of carbonyl (C=O) groups is 2. The molecule has 0 aromatic heterocycles. The second kappa shape index (κ2) is 24.8. The lowest BCUT2D eigenvalue weighted by molar-refractivity contribution is -0.394. The number of alkyl halides is 10. The van der Waals surface area contributed by atoms with Crippen molar-refractivity contribution in [1.29, 1.82) is 0 Å². The Labute approximate surface area is 407 Å². The molecule has 14 nitrogen and oxygen atoms in total. The highest BCUT2D eigenvalue weighted by atomic mass is 19.4. The van der Waals surface area contributed by atoms with Crippen LogP contribution in [0.3, 0.4) is 0 Å². The second-order valence-corrected chi connectivity index (χ2v) is 15.4. The molecule has 5 aromatic carbocycles. The highest BCUT2D eigenvalue weighted by molar-refractivity contribution is 5.87. The van der Waals surface area contributed by atoms with Gasteiger partial charge in [0.15, 0.2) is 0 Å². The molecule has 73 heavy (non-hydrogen) atoms. The number of ether oxygens (including phenoxy) is 6. The van der Waals surface area contributed by atoms with Gasteiger partial charge in [-0.25, -0.2) is 9.59 Å². The van der Waals surface area contributed by atoms with Crippen LogP contribution >= 0.6 is 0 Å². The fourth-order valence-electron chi connectivity index (χ4n) is 6.29. The summed E-state index contributed by atoms with van der Waals surface area (Å²) in [6, 6.07) is 21.0. The van der Waals surface area contributed by atoms with Crippen molar-refractivity contribution in [3.63, 3.8) is 0 Å². The first kappa shape index (κ1) is 55.7. The van der Waals surface area contributed by atoms with Gasteiger partial charge in [0.2, 0.25) is 0 Å². The highest BCUT2D eigenvalue weighted by Gasteiger charge is 2.36. The van der Waals surface area contributed by atoms with Gasteiger partial charge in [-0.05, 0) is 115 Å². The molecule has 0 radical (unpaired) electrons. The number of benzene rings is 5. The lowest BCUT2D eigenvalue weighted by Gasteiger charge is -2.18. The predicted molar refractivity (Wildman–Crippen MR) is 239 cm³/mol. The maximum absolute atomic E-state index is 15.0. The average Bonchev–Trinajstić information content (AvgIpc) is 3.33. The van der Waals surface area contributed by atoms with Crippen LogP contribution < -0.4 is 18.9 Å². The summed E-state index contributed by atoms with van der Waals surface area (Å²) in [4.78, 5) is 47.1. The minimum atomic E-state index is -4.34. The van der Waals surface area contributed by atoms with E-state index < -0.39 is 101 Å². The molecule has 0 fully saturated rings. The van der Waals surface area contributed by atoms with Crippen molar-refractivity contribution in [3.8, 4) is 23.0 Å². The number of nitro groups is 2. The van der Waals surface area contributed by atoms with Gasteiger partial charge >= 0.3 is 36.5 Å². The Morgan fingerprint density at radius 2 is 0.904 bits per heavy atom.